The highest BCUT2D eigenvalue weighted by Gasteiger charge is 2.55. The van der Waals surface area contributed by atoms with E-state index in [-0.39, 0.29) is 12.1 Å². The summed E-state index contributed by atoms with van der Waals surface area (Å²) in [7, 11) is 0. The molecular weight excluding hydrogens is 244 g/mol. The van der Waals surface area contributed by atoms with Crippen molar-refractivity contribution >= 4 is 5.97 Å². The van der Waals surface area contributed by atoms with E-state index >= 15 is 0 Å². The van der Waals surface area contributed by atoms with E-state index in [1.165, 1.54) is 0 Å². The number of hydrogen-bond acceptors (Lipinski definition) is 4. The van der Waals surface area contributed by atoms with Crippen LogP contribution in [0.1, 0.15) is 66.2 Å². The molecule has 4 atom stereocenters. The molecule has 4 heteroatoms. The van der Waals surface area contributed by atoms with E-state index in [0.717, 1.165) is 12.8 Å². The first kappa shape index (κ1) is 16.4. The van der Waals surface area contributed by atoms with Crippen molar-refractivity contribution < 1.29 is 19.4 Å². The third-order valence-corrected chi connectivity index (χ3v) is 4.14. The molecule has 1 aliphatic heterocycles. The summed E-state index contributed by atoms with van der Waals surface area (Å²) in [6.07, 6.45) is 3.00. The third kappa shape index (κ3) is 3.11. The van der Waals surface area contributed by atoms with Gasteiger partial charge in [0.2, 0.25) is 6.29 Å². The van der Waals surface area contributed by atoms with Crippen molar-refractivity contribution in [2.45, 2.75) is 84.7 Å². The van der Waals surface area contributed by atoms with Crippen molar-refractivity contribution in [3.8, 4) is 0 Å². The Hall–Kier alpha value is -0.610. The highest BCUT2D eigenvalue weighted by molar-refractivity contribution is 5.79. The van der Waals surface area contributed by atoms with Crippen LogP contribution in [0.4, 0.5) is 0 Å². The fourth-order valence-corrected chi connectivity index (χ4v) is 2.95. The molecule has 0 saturated carbocycles. The molecule has 1 saturated heterocycles. The van der Waals surface area contributed by atoms with Gasteiger partial charge in [-0.15, -0.1) is 0 Å². The molecule has 0 aliphatic carbocycles. The molecule has 0 bridgehead atoms. The first-order valence-corrected chi connectivity index (χ1v) is 7.61. The van der Waals surface area contributed by atoms with Crippen LogP contribution in [0.2, 0.25) is 0 Å². The Kier molecular flexibility index (Phi) is 6.27. The Morgan fingerprint density at radius 2 is 1.95 bits per heavy atom. The Balaban J connectivity index is 3.05. The number of carbonyl (C=O) groups is 1. The lowest BCUT2D eigenvalue weighted by molar-refractivity contribution is -0.266. The molecule has 1 N–H and O–H groups in total. The minimum Gasteiger partial charge on any atom is -0.435 e. The van der Waals surface area contributed by atoms with Crippen molar-refractivity contribution in [2.75, 3.05) is 0 Å². The van der Waals surface area contributed by atoms with Gasteiger partial charge in [-0.05, 0) is 19.3 Å². The van der Waals surface area contributed by atoms with Crippen molar-refractivity contribution in [2.24, 2.45) is 5.41 Å². The van der Waals surface area contributed by atoms with Crippen LogP contribution in [0, 0.1) is 5.41 Å². The highest BCUT2D eigenvalue weighted by Crippen LogP contribution is 2.43. The minimum absolute atomic E-state index is 0.250. The van der Waals surface area contributed by atoms with Gasteiger partial charge in [-0.25, -0.2) is 0 Å². The van der Waals surface area contributed by atoms with Gasteiger partial charge in [0.25, 0.3) is 0 Å². The fraction of sp³-hybridized carbons (Fsp3) is 0.933. The summed E-state index contributed by atoms with van der Waals surface area (Å²) in [5, 5.41) is 10.4. The van der Waals surface area contributed by atoms with E-state index in [1.807, 2.05) is 20.8 Å². The van der Waals surface area contributed by atoms with Crippen LogP contribution < -0.4 is 0 Å². The molecule has 4 nitrogen and oxygen atoms in total. The maximum Gasteiger partial charge on any atom is 0.319 e. The third-order valence-electron chi connectivity index (χ3n) is 4.14. The number of hydrogen-bond donors (Lipinski definition) is 1. The molecule has 1 aliphatic rings. The maximum atomic E-state index is 12.5. The molecule has 0 radical (unpaired) electrons. The number of rotatable bonds is 7. The normalized spacial score (nSPS) is 33.0. The van der Waals surface area contributed by atoms with E-state index in [1.54, 1.807) is 0 Å². The second-order valence-electron chi connectivity index (χ2n) is 5.34. The Morgan fingerprint density at radius 1 is 1.26 bits per heavy atom. The van der Waals surface area contributed by atoms with Gasteiger partial charge in [0, 0.05) is 6.42 Å². The van der Waals surface area contributed by atoms with Gasteiger partial charge in [0.15, 0.2) is 0 Å². The molecule has 1 rings (SSSR count). The number of aliphatic hydroxyl groups is 1. The summed E-state index contributed by atoms with van der Waals surface area (Å²) < 4.78 is 11.3. The zero-order valence-electron chi connectivity index (χ0n) is 12.6. The Bertz CT molecular complexity index is 292. The number of cyclic esters (lactones) is 1. The van der Waals surface area contributed by atoms with Gasteiger partial charge in [0.05, 0.1) is 12.2 Å². The van der Waals surface area contributed by atoms with Gasteiger partial charge in [0.1, 0.15) is 5.41 Å². The quantitative estimate of drug-likeness (QED) is 0.724. The smallest absolute Gasteiger partial charge is 0.319 e. The van der Waals surface area contributed by atoms with Gasteiger partial charge >= 0.3 is 5.97 Å². The summed E-state index contributed by atoms with van der Waals surface area (Å²) in [5.74, 6) is -0.278. The fourth-order valence-electron chi connectivity index (χ4n) is 2.95. The molecule has 4 unspecified atom stereocenters. The van der Waals surface area contributed by atoms with E-state index in [2.05, 4.69) is 6.92 Å². The van der Waals surface area contributed by atoms with Crippen LogP contribution in [-0.4, -0.2) is 29.6 Å². The zero-order valence-corrected chi connectivity index (χ0v) is 12.6. The lowest BCUT2D eigenvalue weighted by Crippen LogP contribution is -2.58. The van der Waals surface area contributed by atoms with Crippen LogP contribution in [0.25, 0.3) is 0 Å². The highest BCUT2D eigenvalue weighted by atomic mass is 16.7. The second kappa shape index (κ2) is 7.25. The summed E-state index contributed by atoms with van der Waals surface area (Å²) in [6.45, 7) is 7.90. The molecule has 0 aromatic carbocycles. The van der Waals surface area contributed by atoms with E-state index < -0.39 is 17.8 Å². The van der Waals surface area contributed by atoms with Crippen molar-refractivity contribution in [3.63, 3.8) is 0 Å². The summed E-state index contributed by atoms with van der Waals surface area (Å²) in [4.78, 5) is 12.5. The van der Waals surface area contributed by atoms with Gasteiger partial charge in [-0.3, -0.25) is 4.79 Å². The van der Waals surface area contributed by atoms with Crippen LogP contribution in [0.5, 0.6) is 0 Å². The summed E-state index contributed by atoms with van der Waals surface area (Å²) in [6, 6.07) is 0. The second-order valence-corrected chi connectivity index (χ2v) is 5.34. The monoisotopic (exact) mass is 272 g/mol. The number of esters is 1. The molecule has 0 aromatic heterocycles. The van der Waals surface area contributed by atoms with Crippen LogP contribution in [0.15, 0.2) is 0 Å². The van der Waals surface area contributed by atoms with Crippen molar-refractivity contribution in [1.29, 1.82) is 0 Å². The topological polar surface area (TPSA) is 55.8 Å². The molecule has 0 spiro atoms. The molecule has 1 fully saturated rings. The van der Waals surface area contributed by atoms with Gasteiger partial charge in [-0.1, -0.05) is 40.5 Å². The number of carbonyl (C=O) groups excluding carboxylic acids is 1. The zero-order chi connectivity index (χ0) is 14.5. The Morgan fingerprint density at radius 3 is 2.42 bits per heavy atom. The standard InChI is InChI=1S/C15H28O4/c1-5-9-10-15(11(16)6-2)12(7-3)18-13(8-4)19-14(15)17/h11-13,16H,5-10H2,1-4H3. The molecule has 19 heavy (non-hydrogen) atoms. The Labute approximate surface area is 116 Å². The van der Waals surface area contributed by atoms with Crippen molar-refractivity contribution in [3.05, 3.63) is 0 Å². The number of ether oxygens (including phenoxy) is 2. The lowest BCUT2D eigenvalue weighted by atomic mass is 9.70. The molecule has 0 aromatic rings. The minimum atomic E-state index is -0.884. The predicted molar refractivity (Wildman–Crippen MR) is 73.6 cm³/mol. The van der Waals surface area contributed by atoms with Crippen LogP contribution in [0.3, 0.4) is 0 Å². The summed E-state index contributed by atoms with van der Waals surface area (Å²) >= 11 is 0. The molecule has 112 valence electrons. The SMILES string of the molecule is CCCCC1(C(O)CC)C(=O)OC(CC)OC1CC. The van der Waals surface area contributed by atoms with E-state index in [0.29, 0.717) is 25.7 Å². The van der Waals surface area contributed by atoms with Crippen molar-refractivity contribution in [1.82, 2.24) is 0 Å². The summed E-state index contributed by atoms with van der Waals surface area (Å²) in [5.41, 5.74) is -0.884. The molecular formula is C15H28O4. The average Bonchev–Trinajstić information content (AvgIpc) is 2.44. The van der Waals surface area contributed by atoms with E-state index in [4.69, 9.17) is 9.47 Å². The van der Waals surface area contributed by atoms with Crippen LogP contribution >= 0.6 is 0 Å². The average molecular weight is 272 g/mol. The maximum absolute atomic E-state index is 12.5. The van der Waals surface area contributed by atoms with Crippen LogP contribution in [-0.2, 0) is 14.3 Å². The molecule has 1 heterocycles. The van der Waals surface area contributed by atoms with E-state index in [9.17, 15) is 9.90 Å². The largest absolute Gasteiger partial charge is 0.435 e. The first-order chi connectivity index (χ1) is 9.06. The molecule has 0 amide bonds. The lowest BCUT2D eigenvalue weighted by Gasteiger charge is -2.46. The number of unbranched alkanes of at least 4 members (excludes halogenated alkanes) is 1. The number of aliphatic hydroxyl groups excluding tert-OH is 1. The van der Waals surface area contributed by atoms with Gasteiger partial charge in [-0.2, -0.15) is 0 Å². The van der Waals surface area contributed by atoms with Gasteiger partial charge < -0.3 is 14.6 Å². The first-order valence-electron chi connectivity index (χ1n) is 7.61. The predicted octanol–water partition coefficient (Wildman–Crippen LogP) is 3.02.